The molecule has 0 aliphatic rings. The van der Waals surface area contributed by atoms with Crippen LogP contribution in [0.2, 0.25) is 0 Å². The first kappa shape index (κ1) is 15.9. The molecule has 0 atom stereocenters. The molecule has 7 nitrogen and oxygen atoms in total. The lowest BCUT2D eigenvalue weighted by molar-refractivity contribution is 0.300. The lowest BCUT2D eigenvalue weighted by Crippen LogP contribution is -2.14. The fourth-order valence-corrected chi connectivity index (χ4v) is 2.64. The van der Waals surface area contributed by atoms with Crippen molar-refractivity contribution in [1.29, 1.82) is 0 Å². The zero-order chi connectivity index (χ0) is 17.1. The van der Waals surface area contributed by atoms with E-state index in [2.05, 4.69) is 15.0 Å². The number of rotatable bonds is 5. The van der Waals surface area contributed by atoms with Crippen LogP contribution in [-0.2, 0) is 6.42 Å². The quantitative estimate of drug-likeness (QED) is 0.739. The molecule has 24 heavy (non-hydrogen) atoms. The largest absolute Gasteiger partial charge is 0.481 e. The number of nitrogen functional groups attached to an aromatic ring is 1. The molecule has 0 fully saturated rings. The average Bonchev–Trinajstić information content (AvgIpc) is 2.60. The van der Waals surface area contributed by atoms with Gasteiger partial charge in [-0.3, -0.25) is 0 Å². The summed E-state index contributed by atoms with van der Waals surface area (Å²) in [5.74, 6) is 1.42. The fraction of sp³-hybridized carbons (Fsp3) is 0.235. The Morgan fingerprint density at radius 1 is 1.21 bits per heavy atom. The molecule has 0 saturated heterocycles. The number of aromatic nitrogens is 3. The third kappa shape index (κ3) is 2.93. The van der Waals surface area contributed by atoms with Crippen LogP contribution >= 0.6 is 0 Å². The standard InChI is InChI=1S/C17H19N5O2/c1-22(12-6-7-14(24-2)19-10-12)16-15-11(8-9-23)4-3-5-13(15)20-17(18)21-16/h3-7,10,23H,8-9H2,1-2H3,(H2,18,20,21). The molecule has 124 valence electrons. The number of anilines is 3. The van der Waals surface area contributed by atoms with Gasteiger partial charge in [-0.15, -0.1) is 0 Å². The van der Waals surface area contributed by atoms with Crippen LogP contribution in [0.25, 0.3) is 10.9 Å². The van der Waals surface area contributed by atoms with E-state index >= 15 is 0 Å². The van der Waals surface area contributed by atoms with E-state index in [0.717, 1.165) is 22.2 Å². The Morgan fingerprint density at radius 2 is 2.04 bits per heavy atom. The van der Waals surface area contributed by atoms with Gasteiger partial charge < -0.3 is 20.5 Å². The minimum atomic E-state index is 0.0523. The van der Waals surface area contributed by atoms with Gasteiger partial charge in [-0.1, -0.05) is 12.1 Å². The van der Waals surface area contributed by atoms with Crippen LogP contribution in [0.1, 0.15) is 5.56 Å². The van der Waals surface area contributed by atoms with Crippen LogP contribution in [0, 0.1) is 0 Å². The summed E-state index contributed by atoms with van der Waals surface area (Å²) in [5, 5.41) is 10.2. The van der Waals surface area contributed by atoms with E-state index in [4.69, 9.17) is 10.5 Å². The van der Waals surface area contributed by atoms with Gasteiger partial charge in [-0.05, 0) is 24.1 Å². The zero-order valence-corrected chi connectivity index (χ0v) is 13.6. The van der Waals surface area contributed by atoms with Gasteiger partial charge in [-0.25, -0.2) is 9.97 Å². The maximum atomic E-state index is 9.33. The first-order valence-electron chi connectivity index (χ1n) is 7.53. The maximum absolute atomic E-state index is 9.33. The van der Waals surface area contributed by atoms with Crippen molar-refractivity contribution in [1.82, 2.24) is 15.0 Å². The highest BCUT2D eigenvalue weighted by Gasteiger charge is 2.15. The predicted octanol–water partition coefficient (Wildman–Crippen LogP) is 1.92. The molecule has 1 aromatic carbocycles. The van der Waals surface area contributed by atoms with Crippen LogP contribution in [0.15, 0.2) is 36.5 Å². The predicted molar refractivity (Wildman–Crippen MR) is 93.6 cm³/mol. The third-order valence-corrected chi connectivity index (χ3v) is 3.82. The van der Waals surface area contributed by atoms with Crippen molar-refractivity contribution >= 4 is 28.4 Å². The topological polar surface area (TPSA) is 97.4 Å². The van der Waals surface area contributed by atoms with E-state index in [9.17, 15) is 5.11 Å². The molecule has 0 unspecified atom stereocenters. The van der Waals surface area contributed by atoms with Crippen LogP contribution in [0.4, 0.5) is 17.5 Å². The monoisotopic (exact) mass is 325 g/mol. The molecule has 3 N–H and O–H groups in total. The van der Waals surface area contributed by atoms with Crippen LogP contribution in [-0.4, -0.2) is 40.8 Å². The summed E-state index contributed by atoms with van der Waals surface area (Å²) in [7, 11) is 3.46. The summed E-state index contributed by atoms with van der Waals surface area (Å²) in [6.45, 7) is 0.0523. The highest BCUT2D eigenvalue weighted by Crippen LogP contribution is 2.32. The van der Waals surface area contributed by atoms with Gasteiger partial charge in [0.1, 0.15) is 5.82 Å². The van der Waals surface area contributed by atoms with Crippen molar-refractivity contribution in [2.75, 3.05) is 31.4 Å². The Morgan fingerprint density at radius 3 is 2.71 bits per heavy atom. The molecule has 3 rings (SSSR count). The summed E-state index contributed by atoms with van der Waals surface area (Å²) in [6.07, 6.45) is 2.23. The molecule has 0 aliphatic carbocycles. The number of fused-ring (bicyclic) bond motifs is 1. The van der Waals surface area contributed by atoms with Crippen molar-refractivity contribution in [3.63, 3.8) is 0 Å². The van der Waals surface area contributed by atoms with Gasteiger partial charge in [0.15, 0.2) is 0 Å². The van der Waals surface area contributed by atoms with Gasteiger partial charge in [0.25, 0.3) is 0 Å². The molecule has 3 aromatic rings. The molecule has 2 heterocycles. The molecule has 0 radical (unpaired) electrons. The number of hydrogen-bond donors (Lipinski definition) is 2. The fourth-order valence-electron chi connectivity index (χ4n) is 2.64. The zero-order valence-electron chi connectivity index (χ0n) is 13.6. The third-order valence-electron chi connectivity index (χ3n) is 3.82. The van der Waals surface area contributed by atoms with Crippen molar-refractivity contribution < 1.29 is 9.84 Å². The lowest BCUT2D eigenvalue weighted by Gasteiger charge is -2.21. The smallest absolute Gasteiger partial charge is 0.222 e. The lowest BCUT2D eigenvalue weighted by atomic mass is 10.1. The number of ether oxygens (including phenoxy) is 1. The number of methoxy groups -OCH3 is 1. The van der Waals surface area contributed by atoms with E-state index in [1.54, 1.807) is 19.4 Å². The number of aliphatic hydroxyl groups is 1. The van der Waals surface area contributed by atoms with Crippen molar-refractivity contribution in [2.24, 2.45) is 0 Å². The molecular formula is C17H19N5O2. The second kappa shape index (κ2) is 6.67. The number of aliphatic hydroxyl groups excluding tert-OH is 1. The maximum Gasteiger partial charge on any atom is 0.222 e. The van der Waals surface area contributed by atoms with E-state index in [-0.39, 0.29) is 12.6 Å². The van der Waals surface area contributed by atoms with E-state index < -0.39 is 0 Å². The Kier molecular flexibility index (Phi) is 4.43. The SMILES string of the molecule is COc1ccc(N(C)c2nc(N)nc3cccc(CCO)c23)cn1. The van der Waals surface area contributed by atoms with Crippen LogP contribution in [0.3, 0.4) is 0 Å². The van der Waals surface area contributed by atoms with Gasteiger partial charge >= 0.3 is 0 Å². The number of pyridine rings is 1. The molecule has 0 saturated carbocycles. The normalized spacial score (nSPS) is 10.8. The number of hydrogen-bond acceptors (Lipinski definition) is 7. The second-order valence-electron chi connectivity index (χ2n) is 5.31. The molecular weight excluding hydrogens is 306 g/mol. The van der Waals surface area contributed by atoms with Crippen LogP contribution in [0.5, 0.6) is 5.88 Å². The highest BCUT2D eigenvalue weighted by atomic mass is 16.5. The molecule has 2 aromatic heterocycles. The Balaban J connectivity index is 2.15. The van der Waals surface area contributed by atoms with Gasteiger partial charge in [-0.2, -0.15) is 4.98 Å². The molecule has 7 heteroatoms. The van der Waals surface area contributed by atoms with Gasteiger partial charge in [0, 0.05) is 25.1 Å². The first-order chi connectivity index (χ1) is 11.6. The average molecular weight is 325 g/mol. The van der Waals surface area contributed by atoms with Gasteiger partial charge in [0.2, 0.25) is 11.8 Å². The van der Waals surface area contributed by atoms with E-state index in [1.807, 2.05) is 36.2 Å². The number of benzene rings is 1. The number of nitrogens with zero attached hydrogens (tertiary/aromatic N) is 4. The first-order valence-corrected chi connectivity index (χ1v) is 7.53. The van der Waals surface area contributed by atoms with Crippen molar-refractivity contribution in [3.8, 4) is 5.88 Å². The Bertz CT molecular complexity index is 851. The van der Waals surface area contributed by atoms with Crippen molar-refractivity contribution in [3.05, 3.63) is 42.1 Å². The van der Waals surface area contributed by atoms with E-state index in [0.29, 0.717) is 18.1 Å². The summed E-state index contributed by atoms with van der Waals surface area (Å²) < 4.78 is 5.09. The summed E-state index contributed by atoms with van der Waals surface area (Å²) in [5.41, 5.74) is 8.44. The molecule has 0 amide bonds. The minimum Gasteiger partial charge on any atom is -0.481 e. The number of nitrogens with two attached hydrogens (primary N) is 1. The van der Waals surface area contributed by atoms with Gasteiger partial charge in [0.05, 0.1) is 24.5 Å². The van der Waals surface area contributed by atoms with Crippen LogP contribution < -0.4 is 15.4 Å². The van der Waals surface area contributed by atoms with E-state index in [1.165, 1.54) is 0 Å². The summed E-state index contributed by atoms with van der Waals surface area (Å²) in [6, 6.07) is 9.43. The Hall–Kier alpha value is -2.93. The molecule has 0 bridgehead atoms. The molecule has 0 spiro atoms. The summed E-state index contributed by atoms with van der Waals surface area (Å²) in [4.78, 5) is 14.8. The summed E-state index contributed by atoms with van der Waals surface area (Å²) >= 11 is 0. The second-order valence-corrected chi connectivity index (χ2v) is 5.31. The van der Waals surface area contributed by atoms with Crippen molar-refractivity contribution in [2.45, 2.75) is 6.42 Å². The minimum absolute atomic E-state index is 0.0523. The highest BCUT2D eigenvalue weighted by molar-refractivity contribution is 5.95. The molecule has 0 aliphatic heterocycles. The Labute approximate surface area is 139 Å².